The van der Waals surface area contributed by atoms with E-state index in [2.05, 4.69) is 5.32 Å². The van der Waals surface area contributed by atoms with Gasteiger partial charge in [0.1, 0.15) is 17.9 Å². The number of carbonyl (C=O) groups excluding carboxylic acids is 4. The van der Waals surface area contributed by atoms with Gasteiger partial charge < -0.3 is 20.5 Å². The summed E-state index contributed by atoms with van der Waals surface area (Å²) in [6.45, 7) is 7.59. The summed E-state index contributed by atoms with van der Waals surface area (Å²) in [5.41, 5.74) is 2.08. The predicted molar refractivity (Wildman–Crippen MR) is 105 cm³/mol. The van der Waals surface area contributed by atoms with Crippen LogP contribution in [0.4, 0.5) is 5.69 Å². The van der Waals surface area contributed by atoms with E-state index in [0.29, 0.717) is 17.7 Å². The van der Waals surface area contributed by atoms with Crippen LogP contribution < -0.4 is 15.7 Å². The molecule has 8 heteroatoms. The first-order chi connectivity index (χ1) is 14.1. The number of carboxylic acids is 1. The van der Waals surface area contributed by atoms with Gasteiger partial charge in [-0.1, -0.05) is 13.0 Å². The van der Waals surface area contributed by atoms with Crippen LogP contribution in [0.2, 0.25) is 0 Å². The zero-order valence-electron chi connectivity index (χ0n) is 17.7. The van der Waals surface area contributed by atoms with Gasteiger partial charge >= 0.3 is 0 Å². The van der Waals surface area contributed by atoms with Crippen LogP contribution >= 0.6 is 0 Å². The highest BCUT2D eigenvalue weighted by Gasteiger charge is 2.74. The van der Waals surface area contributed by atoms with Gasteiger partial charge in [0.15, 0.2) is 0 Å². The van der Waals surface area contributed by atoms with Gasteiger partial charge in [0, 0.05) is 24.0 Å². The Balaban J connectivity index is 1.87. The Morgan fingerprint density at radius 2 is 1.97 bits per heavy atom. The number of nitrogens with zero attached hydrogens (tertiary/aromatic N) is 1. The number of likely N-dealkylation sites (tertiary alicyclic amines) is 1. The van der Waals surface area contributed by atoms with E-state index in [1.54, 1.807) is 5.32 Å². The maximum atomic E-state index is 13.5. The number of benzene rings is 1. The fraction of sp³-hybridized carbons (Fsp3) is 0.545. The minimum absolute atomic E-state index is 0.159. The van der Waals surface area contributed by atoms with Gasteiger partial charge in [0.2, 0.25) is 17.4 Å². The Hall–Kier alpha value is -2.74. The van der Waals surface area contributed by atoms with Crippen LogP contribution in [0, 0.1) is 25.7 Å². The lowest BCUT2D eigenvalue weighted by Crippen LogP contribution is -2.99. The number of imide groups is 1. The molecule has 0 radical (unpaired) electrons. The number of amides is 3. The summed E-state index contributed by atoms with van der Waals surface area (Å²) in [6, 6.07) is 3.00. The van der Waals surface area contributed by atoms with E-state index in [0.717, 1.165) is 11.1 Å². The molecule has 3 N–H and O–H groups in total. The average Bonchev–Trinajstić information content (AvgIpc) is 3.28. The first kappa shape index (κ1) is 20.5. The summed E-state index contributed by atoms with van der Waals surface area (Å²) in [5.74, 6) is -3.75. The van der Waals surface area contributed by atoms with E-state index in [4.69, 9.17) is 0 Å². The molecule has 4 rings (SSSR count). The highest BCUT2D eigenvalue weighted by Crippen LogP contribution is 2.50. The highest BCUT2D eigenvalue weighted by atomic mass is 16.4. The molecule has 5 atom stereocenters. The minimum atomic E-state index is -1.26. The van der Waals surface area contributed by atoms with Crippen molar-refractivity contribution in [2.75, 3.05) is 5.32 Å². The first-order valence-corrected chi connectivity index (χ1v) is 10.5. The highest BCUT2D eigenvalue weighted by molar-refractivity contribution is 6.14. The number of rotatable bonds is 5. The van der Waals surface area contributed by atoms with Crippen LogP contribution in [0.25, 0.3) is 0 Å². The average molecular weight is 413 g/mol. The Bertz CT molecular complexity index is 974. The van der Waals surface area contributed by atoms with Gasteiger partial charge in [-0.3, -0.25) is 19.3 Å². The molecule has 0 unspecified atom stereocenters. The van der Waals surface area contributed by atoms with Crippen molar-refractivity contribution in [2.45, 2.75) is 64.6 Å². The molecular weight excluding hydrogens is 386 g/mol. The molecule has 30 heavy (non-hydrogen) atoms. The van der Waals surface area contributed by atoms with E-state index in [1.165, 1.54) is 4.90 Å². The van der Waals surface area contributed by atoms with E-state index in [-0.39, 0.29) is 36.6 Å². The van der Waals surface area contributed by atoms with Crippen LogP contribution in [-0.2, 0) is 24.7 Å². The van der Waals surface area contributed by atoms with Crippen molar-refractivity contribution < 1.29 is 29.6 Å². The number of aliphatic carboxylic acids is 1. The van der Waals surface area contributed by atoms with E-state index < -0.39 is 29.4 Å². The molecule has 0 saturated carbocycles. The number of carbonyl (C=O) groups is 4. The van der Waals surface area contributed by atoms with Gasteiger partial charge in [-0.15, -0.1) is 0 Å². The van der Waals surface area contributed by atoms with Crippen molar-refractivity contribution in [2.24, 2.45) is 11.8 Å². The fourth-order valence-corrected chi connectivity index (χ4v) is 5.47. The first-order valence-electron chi connectivity index (χ1n) is 10.5. The molecule has 8 nitrogen and oxygen atoms in total. The largest absolute Gasteiger partial charge is 0.550 e. The minimum Gasteiger partial charge on any atom is -0.550 e. The molecular formula is C22H27N3O5. The maximum absolute atomic E-state index is 13.5. The molecule has 1 spiro atoms. The Labute approximate surface area is 175 Å². The number of nitrogens with two attached hydrogens (primary N) is 1. The summed E-state index contributed by atoms with van der Waals surface area (Å²) >= 11 is 0. The van der Waals surface area contributed by atoms with Crippen molar-refractivity contribution in [3.63, 3.8) is 0 Å². The summed E-state index contributed by atoms with van der Waals surface area (Å²) in [7, 11) is 0. The molecule has 2 saturated heterocycles. The van der Waals surface area contributed by atoms with Crippen molar-refractivity contribution in [3.05, 3.63) is 28.8 Å². The molecule has 1 aromatic carbocycles. The van der Waals surface area contributed by atoms with Crippen LogP contribution in [0.3, 0.4) is 0 Å². The molecule has 0 aliphatic carbocycles. The van der Waals surface area contributed by atoms with Crippen molar-refractivity contribution in [1.82, 2.24) is 4.90 Å². The van der Waals surface area contributed by atoms with Crippen molar-refractivity contribution >= 4 is 29.4 Å². The van der Waals surface area contributed by atoms with Crippen LogP contribution in [-0.4, -0.2) is 40.7 Å². The van der Waals surface area contributed by atoms with E-state index in [9.17, 15) is 24.3 Å². The number of carboxylic acid groups (broad SMARTS) is 1. The molecule has 0 bridgehead atoms. The zero-order chi connectivity index (χ0) is 22.0. The number of quaternary nitrogens is 1. The van der Waals surface area contributed by atoms with Crippen LogP contribution in [0.1, 0.15) is 49.8 Å². The van der Waals surface area contributed by atoms with Crippen molar-refractivity contribution in [1.29, 1.82) is 0 Å². The number of fused-ring (bicyclic) bond motifs is 4. The summed E-state index contributed by atoms with van der Waals surface area (Å²) < 4.78 is 0. The number of hydrogen-bond acceptors (Lipinski definition) is 5. The van der Waals surface area contributed by atoms with Crippen LogP contribution in [0.5, 0.6) is 0 Å². The number of anilines is 1. The third-order valence-electron chi connectivity index (χ3n) is 7.32. The van der Waals surface area contributed by atoms with E-state index in [1.807, 2.05) is 39.8 Å². The maximum Gasteiger partial charge on any atom is 0.291 e. The Morgan fingerprint density at radius 1 is 1.27 bits per heavy atom. The summed E-state index contributed by atoms with van der Waals surface area (Å²) in [5, 5.41) is 15.8. The smallest absolute Gasteiger partial charge is 0.291 e. The van der Waals surface area contributed by atoms with Gasteiger partial charge in [0.25, 0.3) is 5.91 Å². The van der Waals surface area contributed by atoms with Gasteiger partial charge in [-0.25, -0.2) is 0 Å². The SMILES string of the molecule is CC[C@H](C)N1C(=O)[C@@H]2[C@H](CCC(=O)[O-])[NH2+][C@@]3(C(=O)Nc4c3ccc(C)c4C)[C@@H]2C1=O. The molecule has 3 aliphatic rings. The second kappa shape index (κ2) is 6.91. The lowest BCUT2D eigenvalue weighted by molar-refractivity contribution is -0.734. The molecule has 2 fully saturated rings. The molecule has 1 aromatic rings. The predicted octanol–water partition coefficient (Wildman–Crippen LogP) is -0.674. The molecule has 0 aromatic heterocycles. The Morgan fingerprint density at radius 3 is 2.60 bits per heavy atom. The van der Waals surface area contributed by atoms with Gasteiger partial charge in [-0.2, -0.15) is 0 Å². The number of nitrogens with one attached hydrogen (secondary N) is 1. The monoisotopic (exact) mass is 413 g/mol. The molecule has 3 amide bonds. The normalized spacial score (nSPS) is 30.6. The molecule has 3 aliphatic heterocycles. The Kier molecular flexibility index (Phi) is 4.73. The number of hydrogen-bond donors (Lipinski definition) is 2. The lowest BCUT2D eigenvalue weighted by Gasteiger charge is -2.28. The second-order valence-electron chi connectivity index (χ2n) is 8.80. The quantitative estimate of drug-likeness (QED) is 0.620. The standard InChI is InChI=1S/C22H27N3O5/c1-5-11(3)25-19(28)16-14(8-9-15(26)27)24-22(17(16)20(25)29)13-7-6-10(2)12(4)18(13)23-21(22)30/h6-7,11,14,16-17,24H,5,8-9H2,1-4H3,(H,23,30)(H,26,27)/t11-,14-,16+,17-,22+/m0/s1. The summed E-state index contributed by atoms with van der Waals surface area (Å²) in [6.07, 6.45) is 0.539. The van der Waals surface area contributed by atoms with Crippen LogP contribution in [0.15, 0.2) is 12.1 Å². The van der Waals surface area contributed by atoms with E-state index >= 15 is 0 Å². The zero-order valence-corrected chi connectivity index (χ0v) is 17.7. The number of aryl methyl sites for hydroxylation is 1. The lowest BCUT2D eigenvalue weighted by atomic mass is 9.76. The summed E-state index contributed by atoms with van der Waals surface area (Å²) in [4.78, 5) is 52.6. The second-order valence-corrected chi connectivity index (χ2v) is 8.80. The molecule has 3 heterocycles. The third-order valence-corrected chi connectivity index (χ3v) is 7.32. The molecule has 160 valence electrons. The topological polar surface area (TPSA) is 123 Å². The van der Waals surface area contributed by atoms with Gasteiger partial charge in [-0.05, 0) is 50.8 Å². The fourth-order valence-electron chi connectivity index (χ4n) is 5.47. The third kappa shape index (κ3) is 2.56. The van der Waals surface area contributed by atoms with Crippen molar-refractivity contribution in [3.8, 4) is 0 Å². The van der Waals surface area contributed by atoms with Gasteiger partial charge in [0.05, 0.1) is 5.69 Å².